The van der Waals surface area contributed by atoms with E-state index >= 15 is 0 Å². The second-order valence-corrected chi connectivity index (χ2v) is 9.14. The molecule has 0 bridgehead atoms. The van der Waals surface area contributed by atoms with Crippen LogP contribution in [0.1, 0.15) is 29.4 Å². The molecule has 0 radical (unpaired) electrons. The number of hydrogen-bond acceptors (Lipinski definition) is 7. The van der Waals surface area contributed by atoms with Crippen molar-refractivity contribution in [2.75, 3.05) is 38.5 Å². The molecule has 1 fully saturated rings. The molecule has 4 rings (SSSR count). The van der Waals surface area contributed by atoms with E-state index in [4.69, 9.17) is 33.7 Å². The first kappa shape index (κ1) is 22.1. The van der Waals surface area contributed by atoms with E-state index in [2.05, 4.69) is 20.2 Å². The van der Waals surface area contributed by atoms with Gasteiger partial charge >= 0.3 is 0 Å². The van der Waals surface area contributed by atoms with E-state index in [0.717, 1.165) is 24.3 Å². The first-order chi connectivity index (χ1) is 15.0. The van der Waals surface area contributed by atoms with Crippen LogP contribution in [0.25, 0.3) is 21.5 Å². The van der Waals surface area contributed by atoms with Gasteiger partial charge in [-0.2, -0.15) is 0 Å². The van der Waals surface area contributed by atoms with Gasteiger partial charge in [-0.1, -0.05) is 23.2 Å². The summed E-state index contributed by atoms with van der Waals surface area (Å²) in [5.41, 5.74) is 7.72. The number of carbonyl (C=O) groups is 1. The quantitative estimate of drug-likeness (QED) is 0.518. The number of fused-ring (bicyclic) bond motifs is 1. The largest absolute Gasteiger partial charge is 0.491 e. The molecule has 1 saturated heterocycles. The number of nitrogens with one attached hydrogen (secondary N) is 1. The summed E-state index contributed by atoms with van der Waals surface area (Å²) in [6.07, 6.45) is 2.46. The van der Waals surface area contributed by atoms with E-state index in [1.165, 1.54) is 24.2 Å². The lowest BCUT2D eigenvalue weighted by Crippen LogP contribution is -2.25. The number of nitrogens with zero attached hydrogens (tertiary/aromatic N) is 3. The molecule has 0 aliphatic carbocycles. The number of anilines is 1. The number of ether oxygens (including phenoxy) is 1. The number of aromatic nitrogens is 2. The van der Waals surface area contributed by atoms with E-state index in [9.17, 15) is 4.79 Å². The third-order valence-corrected chi connectivity index (χ3v) is 6.83. The van der Waals surface area contributed by atoms with Crippen LogP contribution >= 0.6 is 34.5 Å². The van der Waals surface area contributed by atoms with Crippen LogP contribution in [-0.4, -0.2) is 53.6 Å². The summed E-state index contributed by atoms with van der Waals surface area (Å²) in [4.78, 5) is 23.9. The van der Waals surface area contributed by atoms with Gasteiger partial charge in [-0.3, -0.25) is 9.69 Å². The molecule has 10 heteroatoms. The van der Waals surface area contributed by atoms with Crippen molar-refractivity contribution in [1.82, 2.24) is 20.2 Å². The van der Waals surface area contributed by atoms with Gasteiger partial charge < -0.3 is 15.8 Å². The Morgan fingerprint density at radius 1 is 1.23 bits per heavy atom. The highest BCUT2D eigenvalue weighted by molar-refractivity contribution is 7.21. The zero-order chi connectivity index (χ0) is 22.0. The van der Waals surface area contributed by atoms with Crippen molar-refractivity contribution >= 4 is 56.6 Å². The number of halogens is 2. The highest BCUT2D eigenvalue weighted by Crippen LogP contribution is 2.40. The lowest BCUT2D eigenvalue weighted by molar-refractivity contribution is 0.0960. The summed E-state index contributed by atoms with van der Waals surface area (Å²) < 4.78 is 6.69. The minimum atomic E-state index is -0.164. The van der Waals surface area contributed by atoms with E-state index in [-0.39, 0.29) is 11.9 Å². The molecule has 3 aromatic rings. The Bertz CT molecular complexity index is 1110. The normalized spacial score (nSPS) is 14.3. The molecule has 7 nitrogen and oxygen atoms in total. The lowest BCUT2D eigenvalue weighted by Gasteiger charge is -2.16. The monoisotopic (exact) mass is 479 g/mol. The maximum absolute atomic E-state index is 12.3. The van der Waals surface area contributed by atoms with Crippen molar-refractivity contribution in [3.63, 3.8) is 0 Å². The first-order valence-electron chi connectivity index (χ1n) is 10.2. The molecule has 1 aromatic carbocycles. The summed E-state index contributed by atoms with van der Waals surface area (Å²) in [6, 6.07) is 5.14. The fourth-order valence-electron chi connectivity index (χ4n) is 3.60. The van der Waals surface area contributed by atoms with Crippen molar-refractivity contribution in [2.45, 2.75) is 19.8 Å². The second kappa shape index (κ2) is 9.56. The van der Waals surface area contributed by atoms with Gasteiger partial charge in [-0.25, -0.2) is 9.97 Å². The van der Waals surface area contributed by atoms with Crippen molar-refractivity contribution in [3.05, 3.63) is 33.1 Å². The van der Waals surface area contributed by atoms with Crippen LogP contribution in [0.5, 0.6) is 5.75 Å². The lowest BCUT2D eigenvalue weighted by atomic mass is 10.1. The van der Waals surface area contributed by atoms with E-state index in [1.807, 2.05) is 6.92 Å². The molecule has 0 unspecified atom stereocenters. The number of rotatable bonds is 7. The molecule has 3 N–H and O–H groups in total. The molecule has 3 heterocycles. The number of nitrogens with two attached hydrogens (primary N) is 1. The minimum Gasteiger partial charge on any atom is -0.491 e. The number of amides is 1. The maximum Gasteiger partial charge on any atom is 0.261 e. The third kappa shape index (κ3) is 4.87. The molecule has 164 valence electrons. The van der Waals surface area contributed by atoms with E-state index < -0.39 is 0 Å². The summed E-state index contributed by atoms with van der Waals surface area (Å²) in [5, 5.41) is 3.65. The number of benzene rings is 1. The molecular weight excluding hydrogens is 457 g/mol. The highest BCUT2D eigenvalue weighted by atomic mass is 35.5. The van der Waals surface area contributed by atoms with Gasteiger partial charge in [-0.15, -0.1) is 11.3 Å². The Labute approximate surface area is 194 Å². The van der Waals surface area contributed by atoms with Crippen molar-refractivity contribution in [2.24, 2.45) is 0 Å². The number of thiophene rings is 1. The highest BCUT2D eigenvalue weighted by Gasteiger charge is 2.20. The molecule has 1 aliphatic heterocycles. The van der Waals surface area contributed by atoms with E-state index in [1.54, 1.807) is 18.2 Å². The Hall–Kier alpha value is -2.13. The fourth-order valence-corrected chi connectivity index (χ4v) is 5.15. The molecule has 2 aromatic heterocycles. The van der Waals surface area contributed by atoms with Crippen LogP contribution in [0.2, 0.25) is 10.0 Å². The summed E-state index contributed by atoms with van der Waals surface area (Å²) in [6.45, 7) is 5.99. The average molecular weight is 480 g/mol. The summed E-state index contributed by atoms with van der Waals surface area (Å²) in [5.74, 6) is 0.472. The molecule has 0 saturated carbocycles. The number of likely N-dealkylation sites (tertiary alicyclic amines) is 1. The Morgan fingerprint density at radius 3 is 2.74 bits per heavy atom. The predicted molar refractivity (Wildman–Crippen MR) is 126 cm³/mol. The first-order valence-corrected chi connectivity index (χ1v) is 11.7. The molecular formula is C21H23Cl2N5O2S. The Morgan fingerprint density at radius 2 is 2.00 bits per heavy atom. The number of carbonyl (C=O) groups excluding carboxylic acids is 1. The van der Waals surface area contributed by atoms with Crippen LogP contribution in [0.4, 0.5) is 5.95 Å². The van der Waals surface area contributed by atoms with Crippen molar-refractivity contribution < 1.29 is 9.53 Å². The van der Waals surface area contributed by atoms with Crippen molar-refractivity contribution in [3.8, 4) is 17.0 Å². The Balaban J connectivity index is 1.68. The number of hydrogen-bond donors (Lipinski definition) is 2. The fraction of sp³-hybridized carbons (Fsp3) is 0.381. The molecule has 1 aliphatic rings. The zero-order valence-corrected chi connectivity index (χ0v) is 19.4. The van der Waals surface area contributed by atoms with Crippen molar-refractivity contribution in [1.29, 1.82) is 0 Å². The van der Waals surface area contributed by atoms with Crippen LogP contribution in [-0.2, 0) is 0 Å². The van der Waals surface area contributed by atoms with Gasteiger partial charge in [0.1, 0.15) is 12.4 Å². The SMILES string of the molecule is CCNC(=O)c1cc2nc(N)nc(-c3cc(OCCN4CCCC4)c(Cl)cc3Cl)c2s1. The summed E-state index contributed by atoms with van der Waals surface area (Å²) >= 11 is 14.2. The standard InChI is InChI=1S/C21H23Cl2N5O2S/c1-2-25-20(29)17-11-15-19(31-17)18(27-21(24)26-15)12-9-16(14(23)10-13(12)22)30-8-7-28-5-3-4-6-28/h9-11H,2-8H2,1H3,(H,25,29)(H2,24,26,27). The van der Waals surface area contributed by atoms with Gasteiger partial charge in [-0.05, 0) is 51.1 Å². The second-order valence-electron chi connectivity index (χ2n) is 7.27. The summed E-state index contributed by atoms with van der Waals surface area (Å²) in [7, 11) is 0. The topological polar surface area (TPSA) is 93.4 Å². The van der Waals surface area contributed by atoms with Crippen LogP contribution in [0.3, 0.4) is 0 Å². The number of nitrogen functional groups attached to an aromatic ring is 1. The molecule has 0 spiro atoms. The Kier molecular flexibility index (Phi) is 6.81. The van der Waals surface area contributed by atoms with Crippen LogP contribution in [0, 0.1) is 0 Å². The maximum atomic E-state index is 12.3. The molecule has 31 heavy (non-hydrogen) atoms. The van der Waals surface area contributed by atoms with Gasteiger partial charge in [0.2, 0.25) is 5.95 Å². The molecule has 1 amide bonds. The minimum absolute atomic E-state index is 0.102. The smallest absolute Gasteiger partial charge is 0.261 e. The van der Waals surface area contributed by atoms with Gasteiger partial charge in [0.25, 0.3) is 5.91 Å². The van der Waals surface area contributed by atoms with Gasteiger partial charge in [0.05, 0.1) is 30.8 Å². The van der Waals surface area contributed by atoms with E-state index in [0.29, 0.717) is 50.6 Å². The third-order valence-electron chi connectivity index (χ3n) is 5.09. The van der Waals surface area contributed by atoms with Crippen LogP contribution in [0.15, 0.2) is 18.2 Å². The molecule has 0 atom stereocenters. The van der Waals surface area contributed by atoms with Gasteiger partial charge in [0, 0.05) is 18.7 Å². The average Bonchev–Trinajstić information content (AvgIpc) is 3.39. The predicted octanol–water partition coefficient (Wildman–Crippen LogP) is 4.47. The van der Waals surface area contributed by atoms with Gasteiger partial charge in [0.15, 0.2) is 0 Å². The van der Waals surface area contributed by atoms with Crippen LogP contribution < -0.4 is 15.8 Å². The zero-order valence-electron chi connectivity index (χ0n) is 17.1.